The van der Waals surface area contributed by atoms with E-state index in [9.17, 15) is 0 Å². The molecule has 88 valence electrons. The summed E-state index contributed by atoms with van der Waals surface area (Å²) in [5.41, 5.74) is 0. The molecule has 0 aromatic rings. The largest absolute Gasteiger partial charge is 0.414 e. The highest BCUT2D eigenvalue weighted by molar-refractivity contribution is 6.74. The van der Waals surface area contributed by atoms with Gasteiger partial charge in [-0.15, -0.1) is 0 Å². The van der Waals surface area contributed by atoms with Crippen molar-refractivity contribution in [3.63, 3.8) is 0 Å². The van der Waals surface area contributed by atoms with Gasteiger partial charge in [-0.1, -0.05) is 20.8 Å². The maximum Gasteiger partial charge on any atom is 0.192 e. The lowest BCUT2D eigenvalue weighted by Gasteiger charge is -2.39. The van der Waals surface area contributed by atoms with Gasteiger partial charge < -0.3 is 9.16 Å². The molecule has 1 saturated heterocycles. The van der Waals surface area contributed by atoms with Crippen molar-refractivity contribution in [2.75, 3.05) is 0 Å². The van der Waals surface area contributed by atoms with Gasteiger partial charge >= 0.3 is 0 Å². The summed E-state index contributed by atoms with van der Waals surface area (Å²) < 4.78 is 11.9. The molecule has 2 fully saturated rings. The smallest absolute Gasteiger partial charge is 0.192 e. The lowest BCUT2D eigenvalue weighted by Crippen LogP contribution is -2.44. The van der Waals surface area contributed by atoms with Gasteiger partial charge in [0.2, 0.25) is 0 Å². The van der Waals surface area contributed by atoms with Crippen molar-refractivity contribution in [2.24, 2.45) is 0 Å². The SMILES string of the molecule is CC(C)(C)[Si](C)(C)O[C@@H]1CC[C@@H]2O[C@@H]2C1. The Morgan fingerprint density at radius 2 is 1.80 bits per heavy atom. The molecule has 1 aliphatic carbocycles. The number of fused-ring (bicyclic) bond motifs is 1. The maximum absolute atomic E-state index is 6.40. The van der Waals surface area contributed by atoms with Gasteiger partial charge in [0.15, 0.2) is 8.32 Å². The third-order valence-corrected chi connectivity index (χ3v) is 8.76. The van der Waals surface area contributed by atoms with Crippen LogP contribution in [-0.4, -0.2) is 26.6 Å². The first-order valence-corrected chi connectivity index (χ1v) is 9.04. The highest BCUT2D eigenvalue weighted by Gasteiger charge is 2.47. The highest BCUT2D eigenvalue weighted by atomic mass is 28.4. The van der Waals surface area contributed by atoms with E-state index in [4.69, 9.17) is 9.16 Å². The third-order valence-electron chi connectivity index (χ3n) is 4.22. The number of hydrogen-bond donors (Lipinski definition) is 0. The Labute approximate surface area is 94.5 Å². The lowest BCUT2D eigenvalue weighted by atomic mass is 9.98. The quantitative estimate of drug-likeness (QED) is 0.534. The zero-order chi connectivity index (χ0) is 11.3. The molecule has 0 radical (unpaired) electrons. The molecule has 0 amide bonds. The number of ether oxygens (including phenoxy) is 1. The fraction of sp³-hybridized carbons (Fsp3) is 1.00. The van der Waals surface area contributed by atoms with E-state index in [1.807, 2.05) is 0 Å². The van der Waals surface area contributed by atoms with E-state index in [0.29, 0.717) is 23.4 Å². The van der Waals surface area contributed by atoms with Crippen molar-refractivity contribution in [1.82, 2.24) is 0 Å². The first-order valence-electron chi connectivity index (χ1n) is 6.13. The summed E-state index contributed by atoms with van der Waals surface area (Å²) in [4.78, 5) is 0. The minimum absolute atomic E-state index is 0.328. The molecule has 0 aromatic heterocycles. The Morgan fingerprint density at radius 1 is 1.13 bits per heavy atom. The van der Waals surface area contributed by atoms with Crippen LogP contribution in [0.25, 0.3) is 0 Å². The highest BCUT2D eigenvalue weighted by Crippen LogP contribution is 2.42. The predicted molar refractivity (Wildman–Crippen MR) is 64.6 cm³/mol. The number of rotatable bonds is 2. The van der Waals surface area contributed by atoms with Crippen LogP contribution in [0.3, 0.4) is 0 Å². The van der Waals surface area contributed by atoms with Gasteiger partial charge in [-0.05, 0) is 31.0 Å². The summed E-state index contributed by atoms with van der Waals surface area (Å²) in [7, 11) is -1.56. The second-order valence-corrected chi connectivity index (χ2v) is 11.3. The second-order valence-electron chi connectivity index (χ2n) is 6.53. The van der Waals surface area contributed by atoms with Crippen molar-refractivity contribution in [3.8, 4) is 0 Å². The van der Waals surface area contributed by atoms with Crippen molar-refractivity contribution in [2.45, 2.75) is 76.5 Å². The van der Waals surface area contributed by atoms with Crippen molar-refractivity contribution in [1.29, 1.82) is 0 Å². The van der Waals surface area contributed by atoms with Crippen LogP contribution in [0.4, 0.5) is 0 Å². The van der Waals surface area contributed by atoms with Crippen molar-refractivity contribution in [3.05, 3.63) is 0 Å². The average molecular weight is 228 g/mol. The van der Waals surface area contributed by atoms with Crippen LogP contribution in [-0.2, 0) is 9.16 Å². The minimum atomic E-state index is -1.56. The molecule has 0 unspecified atom stereocenters. The molecular formula is C12H24O2Si. The van der Waals surface area contributed by atoms with Crippen LogP contribution in [0, 0.1) is 0 Å². The molecule has 0 N–H and O–H groups in total. The third kappa shape index (κ3) is 2.45. The maximum atomic E-state index is 6.40. The number of hydrogen-bond acceptors (Lipinski definition) is 2. The van der Waals surface area contributed by atoms with Crippen LogP contribution >= 0.6 is 0 Å². The van der Waals surface area contributed by atoms with Crippen LogP contribution in [0.15, 0.2) is 0 Å². The van der Waals surface area contributed by atoms with E-state index in [-0.39, 0.29) is 0 Å². The summed E-state index contributed by atoms with van der Waals surface area (Å²) in [5, 5.41) is 0.328. The summed E-state index contributed by atoms with van der Waals surface area (Å²) >= 11 is 0. The normalized spacial score (nSPS) is 36.2. The molecule has 2 nitrogen and oxygen atoms in total. The van der Waals surface area contributed by atoms with Crippen LogP contribution in [0.1, 0.15) is 40.0 Å². The molecule has 3 atom stereocenters. The van der Waals surface area contributed by atoms with Crippen LogP contribution < -0.4 is 0 Å². The molecule has 2 rings (SSSR count). The van der Waals surface area contributed by atoms with E-state index in [0.717, 1.165) is 6.42 Å². The Morgan fingerprint density at radius 3 is 2.33 bits per heavy atom. The fourth-order valence-electron chi connectivity index (χ4n) is 2.07. The molecule has 1 aliphatic heterocycles. The predicted octanol–water partition coefficient (Wildman–Crippen LogP) is 3.33. The topological polar surface area (TPSA) is 21.8 Å². The molecular weight excluding hydrogens is 204 g/mol. The van der Waals surface area contributed by atoms with Crippen molar-refractivity contribution < 1.29 is 9.16 Å². The molecule has 0 bridgehead atoms. The van der Waals surface area contributed by atoms with E-state index in [2.05, 4.69) is 33.9 Å². The van der Waals surface area contributed by atoms with E-state index in [1.54, 1.807) is 0 Å². The molecule has 2 aliphatic rings. The second kappa shape index (κ2) is 3.57. The number of epoxide rings is 1. The summed E-state index contributed by atoms with van der Waals surface area (Å²) in [6.45, 7) is 11.6. The Hall–Kier alpha value is 0.137. The monoisotopic (exact) mass is 228 g/mol. The minimum Gasteiger partial charge on any atom is -0.414 e. The molecule has 0 spiro atoms. The van der Waals surface area contributed by atoms with Gasteiger partial charge in [0.05, 0.1) is 12.2 Å². The zero-order valence-electron chi connectivity index (χ0n) is 10.7. The van der Waals surface area contributed by atoms with Gasteiger partial charge in [-0.2, -0.15) is 0 Å². The lowest BCUT2D eigenvalue weighted by molar-refractivity contribution is 0.146. The van der Waals surface area contributed by atoms with E-state index >= 15 is 0 Å². The molecule has 15 heavy (non-hydrogen) atoms. The molecule has 0 aromatic carbocycles. The molecule has 3 heteroatoms. The van der Waals surface area contributed by atoms with Crippen LogP contribution in [0.2, 0.25) is 18.1 Å². The first kappa shape index (κ1) is 11.6. The Balaban J connectivity index is 1.90. The average Bonchev–Trinajstić information content (AvgIpc) is 2.78. The molecule has 1 heterocycles. The van der Waals surface area contributed by atoms with Gasteiger partial charge in [0, 0.05) is 12.5 Å². The van der Waals surface area contributed by atoms with Gasteiger partial charge in [0.25, 0.3) is 0 Å². The Bertz CT molecular complexity index is 244. The molecule has 1 saturated carbocycles. The summed E-state index contributed by atoms with van der Waals surface area (Å²) in [5.74, 6) is 0. The van der Waals surface area contributed by atoms with E-state index in [1.165, 1.54) is 12.8 Å². The summed E-state index contributed by atoms with van der Waals surface area (Å²) in [6.07, 6.45) is 5.14. The zero-order valence-corrected chi connectivity index (χ0v) is 11.7. The van der Waals surface area contributed by atoms with Gasteiger partial charge in [-0.3, -0.25) is 0 Å². The van der Waals surface area contributed by atoms with Crippen LogP contribution in [0.5, 0.6) is 0 Å². The van der Waals surface area contributed by atoms with Gasteiger partial charge in [0.1, 0.15) is 0 Å². The Kier molecular flexibility index (Phi) is 2.77. The van der Waals surface area contributed by atoms with Gasteiger partial charge in [-0.25, -0.2) is 0 Å². The van der Waals surface area contributed by atoms with E-state index < -0.39 is 8.32 Å². The fourth-order valence-corrected chi connectivity index (χ4v) is 3.47. The first-order chi connectivity index (χ1) is 6.79. The van der Waals surface area contributed by atoms with Crippen molar-refractivity contribution >= 4 is 8.32 Å². The standard InChI is InChI=1S/C12H24O2Si/c1-12(2,3)15(4,5)14-9-6-7-10-11(8-9)13-10/h9-11H,6-8H2,1-5H3/t9-,10+,11-/m1/s1. The summed E-state index contributed by atoms with van der Waals surface area (Å²) in [6, 6.07) is 0.